The molecule has 1 saturated heterocycles. The summed E-state index contributed by atoms with van der Waals surface area (Å²) in [7, 11) is 1.89. The molecule has 1 aliphatic rings. The molecule has 1 aromatic carbocycles. The molecular weight excluding hydrogens is 342 g/mol. The van der Waals surface area contributed by atoms with Crippen LogP contribution in [0.1, 0.15) is 31.2 Å². The average Bonchev–Trinajstić information content (AvgIpc) is 3.32. The van der Waals surface area contributed by atoms with Gasteiger partial charge in [0.05, 0.1) is 17.4 Å². The summed E-state index contributed by atoms with van der Waals surface area (Å²) in [5.41, 5.74) is 2.01. The molecule has 0 saturated carbocycles. The standard InChI is InChI=1S/C20H25N5O2/c1-23-13-9-21-20(23)19(27)15-6-10-24(11-7-15)18(26)8-12-25-14-22-16-4-2-3-5-17(16)25/h2-5,9,13-15,19,27H,6-8,10-12H2,1H3/t19-/m1/s1. The number of aromatic nitrogens is 4. The Morgan fingerprint density at radius 3 is 2.78 bits per heavy atom. The van der Waals surface area contributed by atoms with E-state index in [4.69, 9.17) is 0 Å². The van der Waals surface area contributed by atoms with E-state index in [1.807, 2.05) is 51.5 Å². The van der Waals surface area contributed by atoms with Crippen molar-refractivity contribution in [2.24, 2.45) is 13.0 Å². The Labute approximate surface area is 158 Å². The summed E-state index contributed by atoms with van der Waals surface area (Å²) in [6.07, 6.45) is 6.84. The normalized spacial score (nSPS) is 16.7. The number of aliphatic hydroxyl groups is 1. The fraction of sp³-hybridized carbons (Fsp3) is 0.450. The third-order valence-corrected chi connectivity index (χ3v) is 5.56. The quantitative estimate of drug-likeness (QED) is 0.750. The molecule has 0 spiro atoms. The first kappa shape index (κ1) is 17.7. The molecule has 0 unspecified atom stereocenters. The topological polar surface area (TPSA) is 76.2 Å². The van der Waals surface area contributed by atoms with Gasteiger partial charge in [0.1, 0.15) is 11.9 Å². The number of fused-ring (bicyclic) bond motifs is 1. The van der Waals surface area contributed by atoms with Crippen LogP contribution in [0.5, 0.6) is 0 Å². The van der Waals surface area contributed by atoms with Gasteiger partial charge in [0.15, 0.2) is 0 Å². The number of carbonyl (C=O) groups excluding carboxylic acids is 1. The maximum absolute atomic E-state index is 12.6. The van der Waals surface area contributed by atoms with Crippen molar-refractivity contribution in [1.29, 1.82) is 0 Å². The number of imidazole rings is 2. The van der Waals surface area contributed by atoms with Gasteiger partial charge >= 0.3 is 0 Å². The van der Waals surface area contributed by atoms with Gasteiger partial charge in [-0.2, -0.15) is 0 Å². The van der Waals surface area contributed by atoms with Crippen molar-refractivity contribution < 1.29 is 9.90 Å². The number of amides is 1. The highest BCUT2D eigenvalue weighted by molar-refractivity contribution is 5.77. The number of piperidine rings is 1. The summed E-state index contributed by atoms with van der Waals surface area (Å²) in [5, 5.41) is 10.6. The monoisotopic (exact) mass is 367 g/mol. The molecule has 142 valence electrons. The van der Waals surface area contributed by atoms with Gasteiger partial charge in [0, 0.05) is 45.5 Å². The van der Waals surface area contributed by atoms with Crippen LogP contribution in [0.15, 0.2) is 43.0 Å². The smallest absolute Gasteiger partial charge is 0.224 e. The molecule has 27 heavy (non-hydrogen) atoms. The van der Waals surface area contributed by atoms with Gasteiger partial charge in [-0.1, -0.05) is 12.1 Å². The van der Waals surface area contributed by atoms with E-state index < -0.39 is 6.10 Å². The molecule has 3 aromatic rings. The molecule has 0 radical (unpaired) electrons. The lowest BCUT2D eigenvalue weighted by molar-refractivity contribution is -0.133. The first-order chi connectivity index (χ1) is 13.1. The van der Waals surface area contributed by atoms with Crippen LogP contribution < -0.4 is 0 Å². The Kier molecular flexibility index (Phi) is 4.94. The van der Waals surface area contributed by atoms with E-state index >= 15 is 0 Å². The van der Waals surface area contributed by atoms with Crippen LogP contribution in [0.4, 0.5) is 0 Å². The minimum Gasteiger partial charge on any atom is -0.385 e. The van der Waals surface area contributed by atoms with E-state index in [1.54, 1.807) is 12.5 Å². The van der Waals surface area contributed by atoms with Crippen molar-refractivity contribution in [3.63, 3.8) is 0 Å². The van der Waals surface area contributed by atoms with Gasteiger partial charge < -0.3 is 19.1 Å². The molecule has 0 bridgehead atoms. The van der Waals surface area contributed by atoms with Gasteiger partial charge in [-0.3, -0.25) is 4.79 Å². The molecule has 0 aliphatic carbocycles. The SMILES string of the molecule is Cn1ccnc1[C@H](O)C1CCN(C(=O)CCn2cnc3ccccc32)CC1. The summed E-state index contributed by atoms with van der Waals surface area (Å²) in [4.78, 5) is 23.1. The van der Waals surface area contributed by atoms with Crippen molar-refractivity contribution in [2.45, 2.75) is 31.9 Å². The summed E-state index contributed by atoms with van der Waals surface area (Å²) in [6, 6.07) is 7.96. The number of hydrogen-bond donors (Lipinski definition) is 1. The predicted molar refractivity (Wildman–Crippen MR) is 102 cm³/mol. The summed E-state index contributed by atoms with van der Waals surface area (Å²) >= 11 is 0. The highest BCUT2D eigenvalue weighted by Crippen LogP contribution is 2.30. The number of rotatable bonds is 5. The fourth-order valence-electron chi connectivity index (χ4n) is 3.90. The van der Waals surface area contributed by atoms with Crippen molar-refractivity contribution in [2.75, 3.05) is 13.1 Å². The van der Waals surface area contributed by atoms with Crippen LogP contribution in [-0.4, -0.2) is 48.1 Å². The van der Waals surface area contributed by atoms with Crippen molar-refractivity contribution in [3.8, 4) is 0 Å². The van der Waals surface area contributed by atoms with E-state index in [2.05, 4.69) is 9.97 Å². The van der Waals surface area contributed by atoms with Crippen molar-refractivity contribution in [1.82, 2.24) is 24.0 Å². The van der Waals surface area contributed by atoms with Crippen molar-refractivity contribution in [3.05, 3.63) is 48.8 Å². The van der Waals surface area contributed by atoms with Crippen LogP contribution in [0.3, 0.4) is 0 Å². The zero-order chi connectivity index (χ0) is 18.8. The number of para-hydroxylation sites is 2. The molecule has 1 atom stereocenters. The Morgan fingerprint density at radius 1 is 1.26 bits per heavy atom. The molecule has 4 rings (SSSR count). The first-order valence-electron chi connectivity index (χ1n) is 9.46. The van der Waals surface area contributed by atoms with Crippen LogP contribution >= 0.6 is 0 Å². The lowest BCUT2D eigenvalue weighted by Gasteiger charge is -2.34. The third-order valence-electron chi connectivity index (χ3n) is 5.56. The van der Waals surface area contributed by atoms with Crippen LogP contribution in [0.2, 0.25) is 0 Å². The van der Waals surface area contributed by atoms with Crippen LogP contribution in [0, 0.1) is 5.92 Å². The molecular formula is C20H25N5O2. The summed E-state index contributed by atoms with van der Waals surface area (Å²) < 4.78 is 3.89. The van der Waals surface area contributed by atoms with E-state index in [-0.39, 0.29) is 11.8 Å². The van der Waals surface area contributed by atoms with Gasteiger partial charge in [-0.25, -0.2) is 9.97 Å². The number of benzene rings is 1. The van der Waals surface area contributed by atoms with Gasteiger partial charge in [0.2, 0.25) is 5.91 Å². The number of hydrogen-bond acceptors (Lipinski definition) is 4. The molecule has 1 amide bonds. The fourth-order valence-corrected chi connectivity index (χ4v) is 3.90. The Balaban J connectivity index is 1.30. The average molecular weight is 367 g/mol. The maximum Gasteiger partial charge on any atom is 0.224 e. The predicted octanol–water partition coefficient (Wildman–Crippen LogP) is 2.13. The van der Waals surface area contributed by atoms with E-state index in [0.29, 0.717) is 31.9 Å². The summed E-state index contributed by atoms with van der Waals surface area (Å²) in [6.45, 7) is 2.01. The second-order valence-corrected chi connectivity index (χ2v) is 7.24. The largest absolute Gasteiger partial charge is 0.385 e. The van der Waals surface area contributed by atoms with Crippen molar-refractivity contribution >= 4 is 16.9 Å². The Bertz CT molecular complexity index is 923. The van der Waals surface area contributed by atoms with E-state index in [9.17, 15) is 9.90 Å². The number of nitrogens with zero attached hydrogens (tertiary/aromatic N) is 5. The van der Waals surface area contributed by atoms with Gasteiger partial charge in [0.25, 0.3) is 0 Å². The molecule has 7 nitrogen and oxygen atoms in total. The third kappa shape index (κ3) is 3.60. The number of aliphatic hydroxyl groups excluding tert-OH is 1. The van der Waals surface area contributed by atoms with E-state index in [0.717, 1.165) is 23.9 Å². The van der Waals surface area contributed by atoms with Gasteiger partial charge in [-0.15, -0.1) is 0 Å². The minimum absolute atomic E-state index is 0.146. The zero-order valence-electron chi connectivity index (χ0n) is 15.5. The van der Waals surface area contributed by atoms with Crippen LogP contribution in [-0.2, 0) is 18.4 Å². The molecule has 7 heteroatoms. The summed E-state index contributed by atoms with van der Waals surface area (Å²) in [5.74, 6) is 1.01. The number of carbonyl (C=O) groups is 1. The molecule has 1 aliphatic heterocycles. The highest BCUT2D eigenvalue weighted by atomic mass is 16.3. The zero-order valence-corrected chi connectivity index (χ0v) is 15.5. The molecule has 1 fully saturated rings. The number of likely N-dealkylation sites (tertiary alicyclic amines) is 1. The molecule has 2 aromatic heterocycles. The van der Waals surface area contributed by atoms with Gasteiger partial charge in [-0.05, 0) is 30.9 Å². The lowest BCUT2D eigenvalue weighted by atomic mass is 9.90. The number of aryl methyl sites for hydroxylation is 2. The first-order valence-corrected chi connectivity index (χ1v) is 9.46. The molecule has 3 heterocycles. The maximum atomic E-state index is 12.6. The van der Waals surface area contributed by atoms with Crippen LogP contribution in [0.25, 0.3) is 11.0 Å². The Morgan fingerprint density at radius 2 is 2.04 bits per heavy atom. The molecule has 1 N–H and O–H groups in total. The second-order valence-electron chi connectivity index (χ2n) is 7.24. The highest BCUT2D eigenvalue weighted by Gasteiger charge is 2.29. The minimum atomic E-state index is -0.570. The lowest BCUT2D eigenvalue weighted by Crippen LogP contribution is -2.40. The Hall–Kier alpha value is -2.67. The van der Waals surface area contributed by atoms with E-state index in [1.165, 1.54) is 0 Å². The second kappa shape index (κ2) is 7.52.